The van der Waals surface area contributed by atoms with Gasteiger partial charge in [-0.15, -0.1) is 12.4 Å². The molecular weight excluding hydrogens is 266 g/mol. The number of nitrogens with one attached hydrogen (secondary N) is 1. The van der Waals surface area contributed by atoms with E-state index in [1.54, 1.807) is 6.92 Å². The Bertz CT molecular complexity index is 315. The molecular formula is C9H22ClN3O3S. The first kappa shape index (κ1) is 17.1. The average molecular weight is 288 g/mol. The summed E-state index contributed by atoms with van der Waals surface area (Å²) in [5.41, 5.74) is 5.39. The molecule has 0 aromatic rings. The summed E-state index contributed by atoms with van der Waals surface area (Å²) in [5.74, 6) is 0. The van der Waals surface area contributed by atoms with Gasteiger partial charge >= 0.3 is 0 Å². The van der Waals surface area contributed by atoms with Gasteiger partial charge in [0, 0.05) is 25.7 Å². The number of hydrogen-bond donors (Lipinski definition) is 2. The van der Waals surface area contributed by atoms with Gasteiger partial charge in [0.1, 0.15) is 0 Å². The fourth-order valence-corrected chi connectivity index (χ4v) is 3.27. The average Bonchev–Trinajstić information content (AvgIpc) is 2.15. The molecule has 0 aliphatic carbocycles. The minimum Gasteiger partial charge on any atom is -0.373 e. The largest absolute Gasteiger partial charge is 0.373 e. The Balaban J connectivity index is 0.00000256. The molecule has 0 spiro atoms. The summed E-state index contributed by atoms with van der Waals surface area (Å²) in [6.45, 7) is 6.53. The Kier molecular flexibility index (Phi) is 6.90. The fraction of sp³-hybridized carbons (Fsp3) is 1.00. The maximum atomic E-state index is 11.9. The van der Waals surface area contributed by atoms with Crippen LogP contribution in [0.3, 0.4) is 0 Å². The molecule has 1 aliphatic rings. The number of hydrogen-bond acceptors (Lipinski definition) is 4. The molecule has 1 aliphatic heterocycles. The van der Waals surface area contributed by atoms with Gasteiger partial charge < -0.3 is 10.5 Å². The molecule has 0 saturated carbocycles. The summed E-state index contributed by atoms with van der Waals surface area (Å²) in [6, 6.07) is -0.251. The lowest BCUT2D eigenvalue weighted by atomic mass is 10.3. The number of rotatable bonds is 4. The summed E-state index contributed by atoms with van der Waals surface area (Å²) in [6.07, 6.45) is -0.151. The first-order chi connectivity index (χ1) is 7.35. The molecule has 2 unspecified atom stereocenters. The molecule has 1 rings (SSSR count). The molecule has 0 aromatic carbocycles. The third-order valence-corrected chi connectivity index (χ3v) is 4.11. The molecule has 104 valence electrons. The Morgan fingerprint density at radius 1 is 1.41 bits per heavy atom. The second-order valence-corrected chi connectivity index (χ2v) is 6.04. The fourth-order valence-electron chi connectivity index (χ4n) is 1.70. The minimum absolute atomic E-state index is 0. The third-order valence-electron chi connectivity index (χ3n) is 2.43. The molecule has 6 nitrogen and oxygen atoms in total. The van der Waals surface area contributed by atoms with Crippen molar-refractivity contribution >= 4 is 22.6 Å². The molecule has 0 bridgehead atoms. The highest BCUT2D eigenvalue weighted by molar-refractivity contribution is 7.87. The van der Waals surface area contributed by atoms with Crippen LogP contribution in [-0.2, 0) is 14.9 Å². The van der Waals surface area contributed by atoms with E-state index in [0.717, 1.165) is 0 Å². The van der Waals surface area contributed by atoms with E-state index in [1.807, 2.05) is 13.8 Å². The van der Waals surface area contributed by atoms with Crippen LogP contribution in [0.1, 0.15) is 20.8 Å². The van der Waals surface area contributed by atoms with Crippen LogP contribution in [0, 0.1) is 0 Å². The van der Waals surface area contributed by atoms with Crippen LogP contribution in [0.5, 0.6) is 0 Å². The predicted octanol–water partition coefficient (Wildman–Crippen LogP) is -0.301. The SMILES string of the molecule is CC1CN(S(=O)(=O)N[C@@H](C)CN)CC(C)O1.Cl. The minimum atomic E-state index is -3.44. The van der Waals surface area contributed by atoms with Crippen molar-refractivity contribution in [1.29, 1.82) is 0 Å². The Morgan fingerprint density at radius 2 is 1.88 bits per heavy atom. The normalized spacial score (nSPS) is 28.5. The predicted molar refractivity (Wildman–Crippen MR) is 69.4 cm³/mol. The van der Waals surface area contributed by atoms with E-state index in [1.165, 1.54) is 4.31 Å². The van der Waals surface area contributed by atoms with E-state index in [-0.39, 0.29) is 37.2 Å². The van der Waals surface area contributed by atoms with Crippen molar-refractivity contribution in [2.45, 2.75) is 39.0 Å². The van der Waals surface area contributed by atoms with Gasteiger partial charge in [0.05, 0.1) is 12.2 Å². The lowest BCUT2D eigenvalue weighted by molar-refractivity contribution is -0.0444. The van der Waals surface area contributed by atoms with Gasteiger partial charge in [0.2, 0.25) is 0 Å². The van der Waals surface area contributed by atoms with Crippen molar-refractivity contribution in [3.8, 4) is 0 Å². The zero-order valence-electron chi connectivity index (χ0n) is 10.4. The van der Waals surface area contributed by atoms with Gasteiger partial charge in [0.15, 0.2) is 0 Å². The van der Waals surface area contributed by atoms with E-state index in [4.69, 9.17) is 10.5 Å². The summed E-state index contributed by atoms with van der Waals surface area (Å²) in [4.78, 5) is 0. The summed E-state index contributed by atoms with van der Waals surface area (Å²) in [7, 11) is -3.44. The Hall–Kier alpha value is 0.0800. The van der Waals surface area contributed by atoms with Crippen molar-refractivity contribution in [2.75, 3.05) is 19.6 Å². The van der Waals surface area contributed by atoms with Crippen molar-refractivity contribution in [3.63, 3.8) is 0 Å². The number of morpholine rings is 1. The second-order valence-electron chi connectivity index (χ2n) is 4.33. The van der Waals surface area contributed by atoms with E-state index in [0.29, 0.717) is 13.1 Å². The molecule has 17 heavy (non-hydrogen) atoms. The van der Waals surface area contributed by atoms with Crippen LogP contribution in [0.2, 0.25) is 0 Å². The van der Waals surface area contributed by atoms with Crippen LogP contribution in [0.25, 0.3) is 0 Å². The summed E-state index contributed by atoms with van der Waals surface area (Å²) in [5, 5.41) is 0. The lowest BCUT2D eigenvalue weighted by Gasteiger charge is -2.34. The first-order valence-corrected chi connectivity index (χ1v) is 6.92. The highest BCUT2D eigenvalue weighted by atomic mass is 35.5. The monoisotopic (exact) mass is 287 g/mol. The Morgan fingerprint density at radius 3 is 2.29 bits per heavy atom. The van der Waals surface area contributed by atoms with Crippen LogP contribution < -0.4 is 10.5 Å². The number of ether oxygens (including phenoxy) is 1. The topological polar surface area (TPSA) is 84.7 Å². The quantitative estimate of drug-likeness (QED) is 0.743. The number of halogens is 1. The maximum absolute atomic E-state index is 11.9. The zero-order valence-corrected chi connectivity index (χ0v) is 12.1. The van der Waals surface area contributed by atoms with Crippen LogP contribution >= 0.6 is 12.4 Å². The molecule has 0 aromatic heterocycles. The van der Waals surface area contributed by atoms with Gasteiger partial charge in [-0.2, -0.15) is 17.4 Å². The molecule has 1 saturated heterocycles. The molecule has 1 fully saturated rings. The summed E-state index contributed by atoms with van der Waals surface area (Å²) < 4.78 is 33.3. The van der Waals surface area contributed by atoms with Gasteiger partial charge in [-0.1, -0.05) is 0 Å². The van der Waals surface area contributed by atoms with Crippen molar-refractivity contribution in [3.05, 3.63) is 0 Å². The molecule has 1 heterocycles. The van der Waals surface area contributed by atoms with Gasteiger partial charge in [-0.25, -0.2) is 0 Å². The molecule has 3 N–H and O–H groups in total. The third kappa shape index (κ3) is 5.07. The zero-order chi connectivity index (χ0) is 12.3. The highest BCUT2D eigenvalue weighted by Gasteiger charge is 2.31. The van der Waals surface area contributed by atoms with E-state index in [2.05, 4.69) is 4.72 Å². The number of nitrogens with zero attached hydrogens (tertiary/aromatic N) is 1. The van der Waals surface area contributed by atoms with E-state index < -0.39 is 10.2 Å². The smallest absolute Gasteiger partial charge is 0.279 e. The van der Waals surface area contributed by atoms with Gasteiger partial charge in [0.25, 0.3) is 10.2 Å². The Labute approximate surface area is 109 Å². The van der Waals surface area contributed by atoms with Crippen LogP contribution in [-0.4, -0.2) is 50.6 Å². The molecule has 8 heteroatoms. The van der Waals surface area contributed by atoms with Gasteiger partial charge in [-0.05, 0) is 20.8 Å². The van der Waals surface area contributed by atoms with Crippen LogP contribution in [0.4, 0.5) is 0 Å². The van der Waals surface area contributed by atoms with Crippen LogP contribution in [0.15, 0.2) is 0 Å². The lowest BCUT2D eigenvalue weighted by Crippen LogP contribution is -2.54. The van der Waals surface area contributed by atoms with Crippen molar-refractivity contribution in [2.24, 2.45) is 5.73 Å². The molecule has 0 amide bonds. The number of nitrogens with two attached hydrogens (primary N) is 1. The highest BCUT2D eigenvalue weighted by Crippen LogP contribution is 2.13. The van der Waals surface area contributed by atoms with Gasteiger partial charge in [-0.3, -0.25) is 0 Å². The molecule has 0 radical (unpaired) electrons. The standard InChI is InChI=1S/C9H21N3O3S.ClH/c1-7(4-10)11-16(13,14)12-5-8(2)15-9(3)6-12;/h7-9,11H,4-6,10H2,1-3H3;1H/t7-,8?,9?;/m0./s1. The van der Waals surface area contributed by atoms with Crippen molar-refractivity contribution in [1.82, 2.24) is 9.03 Å². The second kappa shape index (κ2) is 6.86. The van der Waals surface area contributed by atoms with E-state index >= 15 is 0 Å². The summed E-state index contributed by atoms with van der Waals surface area (Å²) >= 11 is 0. The first-order valence-electron chi connectivity index (χ1n) is 5.48. The maximum Gasteiger partial charge on any atom is 0.279 e. The molecule has 3 atom stereocenters. The van der Waals surface area contributed by atoms with Crippen molar-refractivity contribution < 1.29 is 13.2 Å². The van der Waals surface area contributed by atoms with E-state index in [9.17, 15) is 8.42 Å².